The van der Waals surface area contributed by atoms with Crippen molar-refractivity contribution < 1.29 is 4.74 Å². The SMILES string of the molecule is CCCNC(C)CCN(CCOC)CC(C)C. The van der Waals surface area contributed by atoms with Crippen molar-refractivity contribution in [1.29, 1.82) is 0 Å². The van der Waals surface area contributed by atoms with Crippen LogP contribution in [0, 0.1) is 5.92 Å². The molecule has 3 nitrogen and oxygen atoms in total. The van der Waals surface area contributed by atoms with Gasteiger partial charge in [0.05, 0.1) is 6.61 Å². The van der Waals surface area contributed by atoms with Crippen LogP contribution in [0.5, 0.6) is 0 Å². The molecule has 0 bridgehead atoms. The second-order valence-corrected chi connectivity index (χ2v) is 5.33. The summed E-state index contributed by atoms with van der Waals surface area (Å²) in [6, 6.07) is 0.618. The zero-order chi connectivity index (χ0) is 13.1. The molecule has 0 radical (unpaired) electrons. The standard InChI is InChI=1S/C14H32N2O/c1-6-8-15-14(4)7-9-16(10-11-17-5)12-13(2)3/h13-15H,6-12H2,1-5H3. The topological polar surface area (TPSA) is 24.5 Å². The van der Waals surface area contributed by atoms with Gasteiger partial charge in [0.25, 0.3) is 0 Å². The lowest BCUT2D eigenvalue weighted by Crippen LogP contribution is -2.36. The molecule has 1 unspecified atom stereocenters. The molecule has 17 heavy (non-hydrogen) atoms. The van der Waals surface area contributed by atoms with Crippen molar-refractivity contribution in [2.45, 2.75) is 46.6 Å². The minimum absolute atomic E-state index is 0.618. The van der Waals surface area contributed by atoms with Crippen LogP contribution in [-0.4, -0.2) is 50.8 Å². The largest absolute Gasteiger partial charge is 0.383 e. The van der Waals surface area contributed by atoms with E-state index >= 15 is 0 Å². The summed E-state index contributed by atoms with van der Waals surface area (Å²) in [5, 5.41) is 3.54. The highest BCUT2D eigenvalue weighted by Crippen LogP contribution is 2.02. The van der Waals surface area contributed by atoms with Crippen molar-refractivity contribution in [3.05, 3.63) is 0 Å². The van der Waals surface area contributed by atoms with Gasteiger partial charge >= 0.3 is 0 Å². The number of hydrogen-bond donors (Lipinski definition) is 1. The van der Waals surface area contributed by atoms with E-state index in [0.29, 0.717) is 6.04 Å². The van der Waals surface area contributed by atoms with Gasteiger partial charge in [0.2, 0.25) is 0 Å². The summed E-state index contributed by atoms with van der Waals surface area (Å²) >= 11 is 0. The average molecular weight is 244 g/mol. The van der Waals surface area contributed by atoms with Gasteiger partial charge in [0.1, 0.15) is 0 Å². The van der Waals surface area contributed by atoms with Crippen molar-refractivity contribution in [2.24, 2.45) is 5.92 Å². The van der Waals surface area contributed by atoms with Gasteiger partial charge in [-0.05, 0) is 38.8 Å². The first-order valence-corrected chi connectivity index (χ1v) is 7.04. The summed E-state index contributed by atoms with van der Waals surface area (Å²) in [5.74, 6) is 0.728. The monoisotopic (exact) mass is 244 g/mol. The summed E-state index contributed by atoms with van der Waals surface area (Å²) in [5.41, 5.74) is 0. The van der Waals surface area contributed by atoms with Crippen molar-refractivity contribution >= 4 is 0 Å². The highest BCUT2D eigenvalue weighted by Gasteiger charge is 2.09. The molecule has 0 aromatic carbocycles. The van der Waals surface area contributed by atoms with Gasteiger partial charge in [-0.1, -0.05) is 20.8 Å². The molecule has 0 aromatic heterocycles. The molecule has 0 saturated heterocycles. The fraction of sp³-hybridized carbons (Fsp3) is 1.00. The Hall–Kier alpha value is -0.120. The minimum Gasteiger partial charge on any atom is -0.383 e. The fourth-order valence-corrected chi connectivity index (χ4v) is 1.90. The lowest BCUT2D eigenvalue weighted by molar-refractivity contribution is 0.137. The Labute approximate surface area is 108 Å². The molecule has 0 heterocycles. The average Bonchev–Trinajstić information content (AvgIpc) is 2.29. The van der Waals surface area contributed by atoms with Gasteiger partial charge in [-0.25, -0.2) is 0 Å². The van der Waals surface area contributed by atoms with Crippen molar-refractivity contribution in [1.82, 2.24) is 10.2 Å². The van der Waals surface area contributed by atoms with Gasteiger partial charge in [0, 0.05) is 26.2 Å². The van der Waals surface area contributed by atoms with Crippen LogP contribution in [0.25, 0.3) is 0 Å². The Balaban J connectivity index is 3.80. The van der Waals surface area contributed by atoms with E-state index in [1.54, 1.807) is 7.11 Å². The van der Waals surface area contributed by atoms with E-state index < -0.39 is 0 Å². The predicted octanol–water partition coefficient (Wildman–Crippen LogP) is 2.37. The number of hydrogen-bond acceptors (Lipinski definition) is 3. The third-order valence-corrected chi connectivity index (χ3v) is 2.86. The second-order valence-electron chi connectivity index (χ2n) is 5.33. The van der Waals surface area contributed by atoms with E-state index in [-0.39, 0.29) is 0 Å². The normalized spacial score (nSPS) is 13.6. The number of nitrogens with zero attached hydrogens (tertiary/aromatic N) is 1. The first kappa shape index (κ1) is 16.9. The summed E-state index contributed by atoms with van der Waals surface area (Å²) in [6.45, 7) is 14.4. The highest BCUT2D eigenvalue weighted by molar-refractivity contribution is 4.66. The summed E-state index contributed by atoms with van der Waals surface area (Å²) < 4.78 is 5.17. The van der Waals surface area contributed by atoms with Crippen LogP contribution in [0.1, 0.15) is 40.5 Å². The van der Waals surface area contributed by atoms with E-state index in [4.69, 9.17) is 4.74 Å². The Kier molecular flexibility index (Phi) is 10.9. The first-order chi connectivity index (χ1) is 8.10. The summed E-state index contributed by atoms with van der Waals surface area (Å²) in [6.07, 6.45) is 2.43. The Morgan fingerprint density at radius 1 is 1.18 bits per heavy atom. The maximum absolute atomic E-state index is 5.17. The molecule has 0 aromatic rings. The smallest absolute Gasteiger partial charge is 0.0589 e. The Morgan fingerprint density at radius 3 is 2.41 bits per heavy atom. The molecule has 0 aliphatic carbocycles. The van der Waals surface area contributed by atoms with E-state index in [1.165, 1.54) is 25.9 Å². The number of rotatable bonds is 11. The fourth-order valence-electron chi connectivity index (χ4n) is 1.90. The molecular weight excluding hydrogens is 212 g/mol. The van der Waals surface area contributed by atoms with Crippen LogP contribution in [0.2, 0.25) is 0 Å². The molecule has 0 aliphatic rings. The zero-order valence-electron chi connectivity index (χ0n) is 12.5. The minimum atomic E-state index is 0.618. The molecule has 3 heteroatoms. The molecule has 1 atom stereocenters. The first-order valence-electron chi connectivity index (χ1n) is 7.04. The van der Waals surface area contributed by atoms with Crippen LogP contribution in [0.4, 0.5) is 0 Å². The third-order valence-electron chi connectivity index (χ3n) is 2.86. The number of methoxy groups -OCH3 is 1. The van der Waals surface area contributed by atoms with E-state index in [2.05, 4.69) is 37.9 Å². The number of nitrogens with one attached hydrogen (secondary N) is 1. The molecule has 0 fully saturated rings. The second kappa shape index (κ2) is 11.0. The summed E-state index contributed by atoms with van der Waals surface area (Å²) in [7, 11) is 1.78. The maximum Gasteiger partial charge on any atom is 0.0589 e. The van der Waals surface area contributed by atoms with Crippen molar-refractivity contribution in [3.63, 3.8) is 0 Å². The van der Waals surface area contributed by atoms with Crippen molar-refractivity contribution in [3.8, 4) is 0 Å². The van der Waals surface area contributed by atoms with Gasteiger partial charge in [-0.3, -0.25) is 0 Å². The predicted molar refractivity (Wildman–Crippen MR) is 75.5 cm³/mol. The Bertz CT molecular complexity index is 162. The molecule has 0 amide bonds. The van der Waals surface area contributed by atoms with Gasteiger partial charge < -0.3 is 15.0 Å². The summed E-state index contributed by atoms with van der Waals surface area (Å²) in [4.78, 5) is 2.51. The van der Waals surface area contributed by atoms with Gasteiger partial charge in [-0.15, -0.1) is 0 Å². The molecule has 104 valence electrons. The van der Waals surface area contributed by atoms with Crippen LogP contribution < -0.4 is 5.32 Å². The quantitative estimate of drug-likeness (QED) is 0.604. The van der Waals surface area contributed by atoms with Crippen molar-refractivity contribution in [2.75, 3.05) is 39.9 Å². The zero-order valence-corrected chi connectivity index (χ0v) is 12.5. The van der Waals surface area contributed by atoms with Gasteiger partial charge in [0.15, 0.2) is 0 Å². The van der Waals surface area contributed by atoms with Crippen LogP contribution in [-0.2, 0) is 4.74 Å². The van der Waals surface area contributed by atoms with Gasteiger partial charge in [-0.2, -0.15) is 0 Å². The molecule has 0 aliphatic heterocycles. The highest BCUT2D eigenvalue weighted by atomic mass is 16.5. The van der Waals surface area contributed by atoms with E-state index in [0.717, 1.165) is 25.6 Å². The van der Waals surface area contributed by atoms with E-state index in [9.17, 15) is 0 Å². The molecule has 0 saturated carbocycles. The molecule has 1 N–H and O–H groups in total. The molecular formula is C14H32N2O. The van der Waals surface area contributed by atoms with Crippen LogP contribution in [0.15, 0.2) is 0 Å². The lowest BCUT2D eigenvalue weighted by Gasteiger charge is -2.25. The van der Waals surface area contributed by atoms with Crippen LogP contribution in [0.3, 0.4) is 0 Å². The Morgan fingerprint density at radius 2 is 1.88 bits per heavy atom. The molecule has 0 spiro atoms. The third kappa shape index (κ3) is 10.7. The lowest BCUT2D eigenvalue weighted by atomic mass is 10.1. The number of ether oxygens (including phenoxy) is 1. The molecule has 0 rings (SSSR count). The van der Waals surface area contributed by atoms with Crippen LogP contribution >= 0.6 is 0 Å². The van der Waals surface area contributed by atoms with E-state index in [1.807, 2.05) is 0 Å². The maximum atomic E-state index is 5.17.